The summed E-state index contributed by atoms with van der Waals surface area (Å²) in [5, 5.41) is 9.12. The molecule has 3 nitrogen and oxygen atoms in total. The second-order valence-corrected chi connectivity index (χ2v) is 2.51. The smallest absolute Gasteiger partial charge is 0.339 e. The highest BCUT2D eigenvalue weighted by Crippen LogP contribution is 2.26. The number of halogens is 1. The van der Waals surface area contributed by atoms with E-state index in [1.807, 2.05) is 0 Å². The molecule has 0 aliphatic heterocycles. The molecule has 4 heteroatoms. The Labute approximate surface area is 74.5 Å². The van der Waals surface area contributed by atoms with Crippen molar-refractivity contribution in [2.75, 3.05) is 7.11 Å². The van der Waals surface area contributed by atoms with Crippen molar-refractivity contribution in [3.63, 3.8) is 0 Å². The van der Waals surface area contributed by atoms with Crippen LogP contribution in [-0.2, 0) is 4.74 Å². The average Bonchev–Trinajstić information content (AvgIpc) is 2.08. The molecule has 0 saturated heterocycles. The Morgan fingerprint density at radius 3 is 2.83 bits per heavy atom. The van der Waals surface area contributed by atoms with E-state index in [1.165, 1.54) is 25.3 Å². The molecule has 1 aromatic rings. The molecular formula is C8H7ClO3. The van der Waals surface area contributed by atoms with Crippen molar-refractivity contribution in [3.8, 4) is 5.75 Å². The van der Waals surface area contributed by atoms with E-state index < -0.39 is 5.97 Å². The zero-order valence-electron chi connectivity index (χ0n) is 6.37. The number of hydrogen-bond acceptors (Lipinski definition) is 3. The van der Waals surface area contributed by atoms with Crippen LogP contribution in [0.4, 0.5) is 0 Å². The monoisotopic (exact) mass is 186 g/mol. The molecule has 0 radical (unpaired) electrons. The van der Waals surface area contributed by atoms with E-state index in [0.29, 0.717) is 0 Å². The third-order valence-electron chi connectivity index (χ3n) is 1.38. The highest BCUT2D eigenvalue weighted by molar-refractivity contribution is 6.34. The van der Waals surface area contributed by atoms with Crippen LogP contribution in [0, 0.1) is 0 Å². The molecule has 0 aliphatic rings. The molecule has 1 rings (SSSR count). The van der Waals surface area contributed by atoms with Gasteiger partial charge in [0.25, 0.3) is 0 Å². The first-order valence-corrected chi connectivity index (χ1v) is 3.60. The van der Waals surface area contributed by atoms with Crippen LogP contribution in [0.25, 0.3) is 0 Å². The molecule has 1 N–H and O–H groups in total. The minimum Gasteiger partial charge on any atom is -0.506 e. The molecule has 0 spiro atoms. The molecule has 0 bridgehead atoms. The maximum atomic E-state index is 11.0. The molecule has 0 amide bonds. The van der Waals surface area contributed by atoms with Gasteiger partial charge in [-0.15, -0.1) is 0 Å². The van der Waals surface area contributed by atoms with Gasteiger partial charge in [0, 0.05) is 0 Å². The summed E-state index contributed by atoms with van der Waals surface area (Å²) < 4.78 is 4.44. The first-order valence-electron chi connectivity index (χ1n) is 3.22. The standard InChI is InChI=1S/C8H7ClO3/c1-12-8(11)5-3-2-4-6(10)7(5)9/h2-4,10H,1H3. The van der Waals surface area contributed by atoms with Crippen molar-refractivity contribution in [1.29, 1.82) is 0 Å². The third kappa shape index (κ3) is 1.51. The number of aromatic hydroxyl groups is 1. The number of carbonyl (C=O) groups is 1. The van der Waals surface area contributed by atoms with Crippen molar-refractivity contribution in [2.24, 2.45) is 0 Å². The zero-order chi connectivity index (χ0) is 9.14. The van der Waals surface area contributed by atoms with Gasteiger partial charge in [-0.05, 0) is 12.1 Å². The molecule has 12 heavy (non-hydrogen) atoms. The van der Waals surface area contributed by atoms with Crippen LogP contribution in [0.5, 0.6) is 5.75 Å². The fraction of sp³-hybridized carbons (Fsp3) is 0.125. The van der Waals surface area contributed by atoms with E-state index in [1.54, 1.807) is 0 Å². The van der Waals surface area contributed by atoms with Crippen LogP contribution in [0.15, 0.2) is 18.2 Å². The number of esters is 1. The normalized spacial score (nSPS) is 9.50. The fourth-order valence-corrected chi connectivity index (χ4v) is 0.991. The summed E-state index contributed by atoms with van der Waals surface area (Å²) in [6.07, 6.45) is 0. The third-order valence-corrected chi connectivity index (χ3v) is 1.78. The van der Waals surface area contributed by atoms with Crippen molar-refractivity contribution >= 4 is 17.6 Å². The van der Waals surface area contributed by atoms with Crippen LogP contribution in [0.3, 0.4) is 0 Å². The fourth-order valence-electron chi connectivity index (χ4n) is 0.787. The van der Waals surface area contributed by atoms with Crippen LogP contribution in [0.1, 0.15) is 10.4 Å². The minimum absolute atomic E-state index is 0.0179. The molecule has 0 atom stereocenters. The Bertz CT molecular complexity index is 309. The van der Waals surface area contributed by atoms with E-state index in [0.717, 1.165) is 0 Å². The molecule has 0 heterocycles. The Morgan fingerprint density at radius 1 is 1.58 bits per heavy atom. The van der Waals surface area contributed by atoms with Crippen LogP contribution in [0.2, 0.25) is 5.02 Å². The Kier molecular flexibility index (Phi) is 2.55. The van der Waals surface area contributed by atoms with E-state index in [-0.39, 0.29) is 16.3 Å². The number of carbonyl (C=O) groups excluding carboxylic acids is 1. The highest BCUT2D eigenvalue weighted by Gasteiger charge is 2.12. The van der Waals surface area contributed by atoms with Gasteiger partial charge in [0.15, 0.2) is 0 Å². The maximum absolute atomic E-state index is 11.0. The second kappa shape index (κ2) is 3.45. The van der Waals surface area contributed by atoms with Gasteiger partial charge in [0.2, 0.25) is 0 Å². The van der Waals surface area contributed by atoms with Crippen molar-refractivity contribution in [2.45, 2.75) is 0 Å². The Morgan fingerprint density at radius 2 is 2.25 bits per heavy atom. The molecule has 0 fully saturated rings. The predicted molar refractivity (Wildman–Crippen MR) is 44.5 cm³/mol. The van der Waals surface area contributed by atoms with E-state index in [4.69, 9.17) is 16.7 Å². The summed E-state index contributed by atoms with van der Waals surface area (Å²) in [7, 11) is 1.25. The average molecular weight is 187 g/mol. The van der Waals surface area contributed by atoms with Crippen molar-refractivity contribution in [3.05, 3.63) is 28.8 Å². The number of hydrogen-bond donors (Lipinski definition) is 1. The zero-order valence-corrected chi connectivity index (χ0v) is 7.13. The summed E-state index contributed by atoms with van der Waals surface area (Å²) >= 11 is 5.62. The first-order chi connectivity index (χ1) is 5.66. The molecule has 1 aromatic carbocycles. The lowest BCUT2D eigenvalue weighted by Gasteiger charge is -2.02. The highest BCUT2D eigenvalue weighted by atomic mass is 35.5. The summed E-state index contributed by atoms with van der Waals surface area (Å²) in [5.41, 5.74) is 0.166. The van der Waals surface area contributed by atoms with Gasteiger partial charge in [0.1, 0.15) is 5.75 Å². The van der Waals surface area contributed by atoms with Gasteiger partial charge in [-0.2, -0.15) is 0 Å². The lowest BCUT2D eigenvalue weighted by atomic mass is 10.2. The number of methoxy groups -OCH3 is 1. The van der Waals surface area contributed by atoms with Gasteiger partial charge in [-0.25, -0.2) is 4.79 Å². The molecule has 0 aliphatic carbocycles. The lowest BCUT2D eigenvalue weighted by Crippen LogP contribution is -2.01. The molecular weight excluding hydrogens is 180 g/mol. The van der Waals surface area contributed by atoms with Crippen molar-refractivity contribution < 1.29 is 14.6 Å². The van der Waals surface area contributed by atoms with Crippen LogP contribution >= 0.6 is 11.6 Å². The Hall–Kier alpha value is -1.22. The topological polar surface area (TPSA) is 46.5 Å². The van der Waals surface area contributed by atoms with E-state index >= 15 is 0 Å². The first kappa shape index (κ1) is 8.87. The Balaban J connectivity index is 3.16. The summed E-state index contributed by atoms with van der Waals surface area (Å²) in [5.74, 6) is -0.685. The molecule has 0 unspecified atom stereocenters. The summed E-state index contributed by atoms with van der Waals surface area (Å²) in [4.78, 5) is 11.0. The lowest BCUT2D eigenvalue weighted by molar-refractivity contribution is 0.0600. The van der Waals surface area contributed by atoms with E-state index in [2.05, 4.69) is 4.74 Å². The predicted octanol–water partition coefficient (Wildman–Crippen LogP) is 1.83. The van der Waals surface area contributed by atoms with Gasteiger partial charge in [-0.1, -0.05) is 17.7 Å². The van der Waals surface area contributed by atoms with Crippen LogP contribution in [-0.4, -0.2) is 18.2 Å². The maximum Gasteiger partial charge on any atom is 0.339 e. The number of benzene rings is 1. The van der Waals surface area contributed by atoms with Gasteiger partial charge in [-0.3, -0.25) is 0 Å². The molecule has 64 valence electrons. The number of phenols is 1. The molecule has 0 saturated carbocycles. The number of phenolic OH excluding ortho intramolecular Hbond substituents is 1. The largest absolute Gasteiger partial charge is 0.506 e. The summed E-state index contributed by atoms with van der Waals surface area (Å²) in [6.45, 7) is 0. The van der Waals surface area contributed by atoms with Gasteiger partial charge in [0.05, 0.1) is 17.7 Å². The SMILES string of the molecule is COC(=O)c1cccc(O)c1Cl. The quantitative estimate of drug-likeness (QED) is 0.681. The molecule has 0 aromatic heterocycles. The number of ether oxygens (including phenoxy) is 1. The second-order valence-electron chi connectivity index (χ2n) is 2.13. The summed E-state index contributed by atoms with van der Waals surface area (Å²) in [6, 6.07) is 4.40. The van der Waals surface area contributed by atoms with Crippen LogP contribution < -0.4 is 0 Å². The number of rotatable bonds is 1. The van der Waals surface area contributed by atoms with Gasteiger partial charge >= 0.3 is 5.97 Å². The van der Waals surface area contributed by atoms with Gasteiger partial charge < -0.3 is 9.84 Å². The van der Waals surface area contributed by atoms with Crippen molar-refractivity contribution in [1.82, 2.24) is 0 Å². The minimum atomic E-state index is -0.559. The van der Waals surface area contributed by atoms with E-state index in [9.17, 15) is 4.79 Å².